The molecule has 0 aliphatic carbocycles. The number of ether oxygens (including phenoxy) is 2. The van der Waals surface area contributed by atoms with Crippen molar-refractivity contribution in [3.05, 3.63) is 47.0 Å². The minimum atomic E-state index is -2.70. The quantitative estimate of drug-likeness (QED) is 0.187. The van der Waals surface area contributed by atoms with E-state index in [4.69, 9.17) is 24.3 Å². The summed E-state index contributed by atoms with van der Waals surface area (Å²) in [6, 6.07) is 8.02. The van der Waals surface area contributed by atoms with Crippen molar-refractivity contribution in [2.24, 2.45) is 5.92 Å². The van der Waals surface area contributed by atoms with Crippen molar-refractivity contribution in [1.29, 1.82) is 0 Å². The summed E-state index contributed by atoms with van der Waals surface area (Å²) in [5.41, 5.74) is 3.34. The molecule has 13 nitrogen and oxygen atoms in total. The number of aliphatic hydroxyl groups is 2. The maximum atomic E-state index is 12.5. The third kappa shape index (κ3) is 6.56. The van der Waals surface area contributed by atoms with Crippen LogP contribution in [0, 0.1) is 5.92 Å². The first-order valence-electron chi connectivity index (χ1n) is 11.2. The molecule has 0 spiro atoms. The van der Waals surface area contributed by atoms with Crippen molar-refractivity contribution >= 4 is 25.7 Å². The molecule has 1 aromatic carbocycles. The van der Waals surface area contributed by atoms with Crippen molar-refractivity contribution in [3.8, 4) is 5.75 Å². The van der Waals surface area contributed by atoms with Gasteiger partial charge in [0.05, 0.1) is 11.6 Å². The van der Waals surface area contributed by atoms with E-state index < -0.39 is 44.6 Å². The second-order valence-corrected chi connectivity index (χ2v) is 9.48. The van der Waals surface area contributed by atoms with Crippen LogP contribution in [0.2, 0.25) is 0 Å². The van der Waals surface area contributed by atoms with Crippen LogP contribution < -0.4 is 21.3 Å². The van der Waals surface area contributed by atoms with E-state index in [1.807, 2.05) is 0 Å². The molecule has 36 heavy (non-hydrogen) atoms. The zero-order chi connectivity index (χ0) is 26.5. The molecule has 5 atom stereocenters. The number of carbonyl (C=O) groups is 1. The lowest BCUT2D eigenvalue weighted by atomic mass is 9.96. The Labute approximate surface area is 208 Å². The molecule has 2 heterocycles. The molecule has 0 bridgehead atoms. The molecule has 1 aliphatic rings. The smallest absolute Gasteiger partial charge is 0.464 e. The topological polar surface area (TPSA) is 184 Å². The maximum absolute atomic E-state index is 12.5. The first kappa shape index (κ1) is 27.5. The van der Waals surface area contributed by atoms with Crippen molar-refractivity contribution in [2.75, 3.05) is 30.8 Å². The number of nitrogen functional groups attached to an aromatic ring is 1. The summed E-state index contributed by atoms with van der Waals surface area (Å²) in [6.45, 7) is 4.80. The number of nitrogens with zero attached hydrogens (tertiary/aromatic N) is 2. The number of nitrogens with one attached hydrogen (secondary N) is 1. The second kappa shape index (κ2) is 11.8. The molecule has 5 N–H and O–H groups in total. The number of anilines is 2. The van der Waals surface area contributed by atoms with Gasteiger partial charge < -0.3 is 30.7 Å². The minimum absolute atomic E-state index is 0.00480. The number of carbonyl (C=O) groups excluding carboxylic acids is 1. The SMILES string of the molecule is CC(C)C(=O)OCCNc1ccccc1O[P+](=O)OC[C@H]1O[C@@H](n2ccc(N)nc2=O)[C@](C)(O)[C@@H]1O. The molecule has 0 radical (unpaired) electrons. The summed E-state index contributed by atoms with van der Waals surface area (Å²) in [5, 5.41) is 24.3. The number of esters is 1. The highest BCUT2D eigenvalue weighted by molar-refractivity contribution is 7.33. The highest BCUT2D eigenvalue weighted by atomic mass is 31.1. The molecule has 0 saturated carbocycles. The Morgan fingerprint density at radius 1 is 1.36 bits per heavy atom. The third-order valence-electron chi connectivity index (χ3n) is 5.40. The van der Waals surface area contributed by atoms with E-state index in [0.717, 1.165) is 4.57 Å². The van der Waals surface area contributed by atoms with E-state index in [9.17, 15) is 24.4 Å². The van der Waals surface area contributed by atoms with Crippen molar-refractivity contribution in [3.63, 3.8) is 0 Å². The maximum Gasteiger partial charge on any atom is 0.750 e. The van der Waals surface area contributed by atoms with Gasteiger partial charge in [0.1, 0.15) is 36.8 Å². The van der Waals surface area contributed by atoms with E-state index >= 15 is 0 Å². The first-order valence-corrected chi connectivity index (χ1v) is 12.3. The van der Waals surface area contributed by atoms with E-state index in [-0.39, 0.29) is 30.1 Å². The van der Waals surface area contributed by atoms with Crippen molar-refractivity contribution in [2.45, 2.75) is 44.8 Å². The molecule has 3 rings (SSSR count). The fourth-order valence-electron chi connectivity index (χ4n) is 3.42. The molecular formula is C22H30N4O9P+. The van der Waals surface area contributed by atoms with Gasteiger partial charge in [-0.3, -0.25) is 9.36 Å². The summed E-state index contributed by atoms with van der Waals surface area (Å²) in [5.74, 6) is -0.319. The van der Waals surface area contributed by atoms with E-state index in [2.05, 4.69) is 10.3 Å². The summed E-state index contributed by atoms with van der Waals surface area (Å²) in [4.78, 5) is 27.3. The van der Waals surface area contributed by atoms with Crippen LogP contribution >= 0.6 is 8.25 Å². The van der Waals surface area contributed by atoms with Crippen LogP contribution in [0.25, 0.3) is 0 Å². The van der Waals surface area contributed by atoms with E-state index in [1.54, 1.807) is 38.1 Å². The average Bonchev–Trinajstić information content (AvgIpc) is 3.04. The molecule has 196 valence electrons. The normalized spacial score (nSPS) is 23.9. The number of para-hydroxylation sites is 2. The van der Waals surface area contributed by atoms with Gasteiger partial charge in [-0.05, 0) is 25.1 Å². The molecule has 1 aliphatic heterocycles. The summed E-state index contributed by atoms with van der Waals surface area (Å²) in [6.07, 6.45) is -2.59. The molecule has 1 aromatic heterocycles. The largest absolute Gasteiger partial charge is 0.750 e. The average molecular weight is 525 g/mol. The van der Waals surface area contributed by atoms with E-state index in [0.29, 0.717) is 12.2 Å². The Morgan fingerprint density at radius 3 is 2.78 bits per heavy atom. The van der Waals surface area contributed by atoms with Crippen LogP contribution in [0.1, 0.15) is 27.0 Å². The summed E-state index contributed by atoms with van der Waals surface area (Å²) >= 11 is 0. The molecule has 1 fully saturated rings. The van der Waals surface area contributed by atoms with Gasteiger partial charge in [0.15, 0.2) is 6.23 Å². The zero-order valence-corrected chi connectivity index (χ0v) is 21.0. The Morgan fingerprint density at radius 2 is 2.08 bits per heavy atom. The van der Waals surface area contributed by atoms with Gasteiger partial charge in [-0.15, -0.1) is 4.52 Å². The summed E-state index contributed by atoms with van der Waals surface area (Å²) in [7, 11) is -2.70. The van der Waals surface area contributed by atoms with Gasteiger partial charge in [0, 0.05) is 17.3 Å². The lowest BCUT2D eigenvalue weighted by Gasteiger charge is -2.27. The van der Waals surface area contributed by atoms with Crippen LogP contribution in [0.5, 0.6) is 5.75 Å². The van der Waals surface area contributed by atoms with Crippen LogP contribution in [0.3, 0.4) is 0 Å². The monoisotopic (exact) mass is 525 g/mol. The lowest BCUT2D eigenvalue weighted by molar-refractivity contribution is -0.146. The Kier molecular flexibility index (Phi) is 8.98. The van der Waals surface area contributed by atoms with Gasteiger partial charge >= 0.3 is 19.9 Å². The number of benzene rings is 1. The Bertz CT molecular complexity index is 1140. The van der Waals surface area contributed by atoms with Gasteiger partial charge in [0.2, 0.25) is 5.75 Å². The predicted octanol–water partition coefficient (Wildman–Crippen LogP) is 1.20. The van der Waals surface area contributed by atoms with Crippen LogP contribution in [0.4, 0.5) is 11.5 Å². The minimum Gasteiger partial charge on any atom is -0.464 e. The molecule has 1 unspecified atom stereocenters. The van der Waals surface area contributed by atoms with E-state index in [1.165, 1.54) is 19.2 Å². The third-order valence-corrected chi connectivity index (χ3v) is 6.10. The number of aromatic nitrogens is 2. The standard InChI is InChI=1S/C22H29N4O9P/c1-13(2)19(28)32-11-9-24-14-6-4-5-7-15(14)35-36(31)33-12-16-18(27)22(3,30)20(34-16)26-10-8-17(23)25-21(26)29/h4-8,10,13,16,18,20,24,27,30H,9,11-12H2,1-3H3,(H-,23,25,29)/p+1/t16-,18-,20-,22-/m1/s1. The predicted molar refractivity (Wildman–Crippen MR) is 128 cm³/mol. The number of rotatable bonds is 11. The van der Waals surface area contributed by atoms with Gasteiger partial charge in [-0.25, -0.2) is 9.32 Å². The second-order valence-electron chi connectivity index (χ2n) is 8.60. The summed E-state index contributed by atoms with van der Waals surface area (Å²) < 4.78 is 34.8. The fourth-order valence-corrected chi connectivity index (χ4v) is 4.06. The molecule has 1 saturated heterocycles. The van der Waals surface area contributed by atoms with Crippen molar-refractivity contribution < 1.29 is 38.1 Å². The number of hydrogen-bond donors (Lipinski definition) is 4. The molecule has 14 heteroatoms. The van der Waals surface area contributed by atoms with Crippen molar-refractivity contribution in [1.82, 2.24) is 9.55 Å². The van der Waals surface area contributed by atoms with Crippen LogP contribution in [-0.4, -0.2) is 63.3 Å². The van der Waals surface area contributed by atoms with Gasteiger partial charge in [-0.2, -0.15) is 4.98 Å². The molecule has 2 aromatic rings. The highest BCUT2D eigenvalue weighted by Crippen LogP contribution is 2.39. The Hall–Kier alpha value is -3.09. The highest BCUT2D eigenvalue weighted by Gasteiger charge is 2.54. The Balaban J connectivity index is 1.56. The lowest BCUT2D eigenvalue weighted by Crippen LogP contribution is -2.46. The van der Waals surface area contributed by atoms with Gasteiger partial charge in [0.25, 0.3) is 0 Å². The number of hydrogen-bond acceptors (Lipinski definition) is 12. The van der Waals surface area contributed by atoms with Gasteiger partial charge in [-0.1, -0.05) is 26.0 Å². The fraction of sp³-hybridized carbons (Fsp3) is 0.500. The first-order chi connectivity index (χ1) is 17.0. The number of nitrogens with two attached hydrogens (primary N) is 1. The molecular weight excluding hydrogens is 495 g/mol. The zero-order valence-electron chi connectivity index (χ0n) is 20.1. The van der Waals surface area contributed by atoms with Crippen LogP contribution in [0.15, 0.2) is 41.3 Å². The number of aliphatic hydroxyl groups excluding tert-OH is 1. The molecule has 0 amide bonds. The van der Waals surface area contributed by atoms with Crippen LogP contribution in [-0.2, 0) is 23.4 Å².